The summed E-state index contributed by atoms with van der Waals surface area (Å²) in [5.74, 6) is 2.23. The number of nitrogens with one attached hydrogen (secondary N) is 1. The summed E-state index contributed by atoms with van der Waals surface area (Å²) in [6.07, 6.45) is 2.32. The molecular formula is C27H33N3O5. The molecule has 0 aliphatic carbocycles. The zero-order valence-electron chi connectivity index (χ0n) is 20.6. The molecule has 0 saturated carbocycles. The van der Waals surface area contributed by atoms with E-state index in [1.54, 1.807) is 7.11 Å². The number of nitrogens with zero attached hydrogens (tertiary/aromatic N) is 2. The lowest BCUT2D eigenvalue weighted by Gasteiger charge is -2.40. The van der Waals surface area contributed by atoms with Crippen LogP contribution in [0.15, 0.2) is 36.4 Å². The maximum absolute atomic E-state index is 13.6. The van der Waals surface area contributed by atoms with Crippen molar-refractivity contribution in [2.75, 3.05) is 27.0 Å². The molecule has 0 radical (unpaired) electrons. The third-order valence-electron chi connectivity index (χ3n) is 7.69. The zero-order chi connectivity index (χ0) is 24.6. The lowest BCUT2D eigenvalue weighted by Crippen LogP contribution is -2.55. The number of fused-ring (bicyclic) bond motifs is 1. The number of hydrogen-bond acceptors (Lipinski definition) is 6. The predicted octanol–water partition coefficient (Wildman–Crippen LogP) is 3.85. The molecular weight excluding hydrogens is 446 g/mol. The fourth-order valence-electron chi connectivity index (χ4n) is 5.70. The third-order valence-corrected chi connectivity index (χ3v) is 7.69. The number of likely N-dealkylation sites (tertiary alicyclic amines) is 1. The molecule has 0 bridgehead atoms. The van der Waals surface area contributed by atoms with E-state index in [0.29, 0.717) is 17.9 Å². The summed E-state index contributed by atoms with van der Waals surface area (Å²) < 4.78 is 16.2. The molecule has 0 aromatic heterocycles. The van der Waals surface area contributed by atoms with E-state index in [2.05, 4.69) is 29.3 Å². The molecule has 186 valence electrons. The van der Waals surface area contributed by atoms with Crippen LogP contribution in [0.5, 0.6) is 17.2 Å². The molecule has 8 nitrogen and oxygen atoms in total. The maximum Gasteiger partial charge on any atom is 0.325 e. The van der Waals surface area contributed by atoms with Crippen LogP contribution < -0.4 is 19.5 Å². The first-order valence-electron chi connectivity index (χ1n) is 12.3. The van der Waals surface area contributed by atoms with Gasteiger partial charge in [-0.1, -0.05) is 25.1 Å². The number of rotatable bonds is 7. The number of ether oxygens (including phenoxy) is 3. The van der Waals surface area contributed by atoms with Gasteiger partial charge >= 0.3 is 6.03 Å². The van der Waals surface area contributed by atoms with Crippen molar-refractivity contribution in [2.24, 2.45) is 5.92 Å². The Morgan fingerprint density at radius 1 is 1.03 bits per heavy atom. The molecule has 8 heteroatoms. The Labute approximate surface area is 206 Å². The van der Waals surface area contributed by atoms with Crippen molar-refractivity contribution < 1.29 is 23.8 Å². The Balaban J connectivity index is 1.24. The first-order valence-corrected chi connectivity index (χ1v) is 12.3. The van der Waals surface area contributed by atoms with Gasteiger partial charge in [0.2, 0.25) is 6.79 Å². The van der Waals surface area contributed by atoms with Gasteiger partial charge in [-0.05, 0) is 80.1 Å². The number of imide groups is 1. The number of hydrogen-bond donors (Lipinski definition) is 1. The quantitative estimate of drug-likeness (QED) is 0.608. The molecule has 3 aliphatic heterocycles. The molecule has 3 aliphatic rings. The van der Waals surface area contributed by atoms with Crippen molar-refractivity contribution in [1.29, 1.82) is 0 Å². The minimum absolute atomic E-state index is 0.111. The van der Waals surface area contributed by atoms with Crippen molar-refractivity contribution in [3.63, 3.8) is 0 Å². The largest absolute Gasteiger partial charge is 0.496 e. The summed E-state index contributed by atoms with van der Waals surface area (Å²) >= 11 is 0. The van der Waals surface area contributed by atoms with Crippen molar-refractivity contribution in [3.8, 4) is 17.2 Å². The maximum atomic E-state index is 13.6. The standard InChI is InChI=1S/C27H33N3O5/c1-4-27(21-9-11-29(12-10-21)15-19-5-7-22(33-3)18(2)13-19)25(31)30(26(32)28-27)16-20-6-8-23-24(14-20)35-17-34-23/h5-8,13-14,21H,4,9-12,15-17H2,1-3H3,(H,28,32). The molecule has 3 heterocycles. The topological polar surface area (TPSA) is 80.3 Å². The predicted molar refractivity (Wildman–Crippen MR) is 130 cm³/mol. The Kier molecular flexibility index (Phi) is 6.32. The van der Waals surface area contributed by atoms with Crippen LogP contribution in [0.2, 0.25) is 0 Å². The monoisotopic (exact) mass is 479 g/mol. The molecule has 1 atom stereocenters. The van der Waals surface area contributed by atoms with Crippen molar-refractivity contribution in [2.45, 2.75) is 51.7 Å². The van der Waals surface area contributed by atoms with Gasteiger partial charge in [0.05, 0.1) is 13.7 Å². The van der Waals surface area contributed by atoms with Crippen molar-refractivity contribution in [1.82, 2.24) is 15.1 Å². The Hall–Kier alpha value is -3.26. The van der Waals surface area contributed by atoms with E-state index in [9.17, 15) is 9.59 Å². The number of carbonyl (C=O) groups excluding carboxylic acids is 2. The van der Waals surface area contributed by atoms with Crippen molar-refractivity contribution >= 4 is 11.9 Å². The summed E-state index contributed by atoms with van der Waals surface area (Å²) in [7, 11) is 1.69. The summed E-state index contributed by atoms with van der Waals surface area (Å²) in [5, 5.41) is 3.09. The van der Waals surface area contributed by atoms with E-state index in [4.69, 9.17) is 14.2 Å². The first kappa shape index (κ1) is 23.5. The number of piperidine rings is 1. The van der Waals surface area contributed by atoms with Crippen LogP contribution in [0.4, 0.5) is 4.79 Å². The van der Waals surface area contributed by atoms with E-state index in [1.807, 2.05) is 31.2 Å². The molecule has 35 heavy (non-hydrogen) atoms. The molecule has 2 aromatic rings. The Morgan fingerprint density at radius 3 is 2.46 bits per heavy atom. The lowest BCUT2D eigenvalue weighted by atomic mass is 9.75. The molecule has 2 fully saturated rings. The third kappa shape index (κ3) is 4.31. The van der Waals surface area contributed by atoms with Gasteiger partial charge in [0.25, 0.3) is 5.91 Å². The van der Waals surface area contributed by atoms with Gasteiger partial charge in [0.1, 0.15) is 11.3 Å². The number of urea groups is 1. The van der Waals surface area contributed by atoms with Crippen LogP contribution in [0, 0.1) is 12.8 Å². The second-order valence-electron chi connectivity index (χ2n) is 9.69. The highest BCUT2D eigenvalue weighted by Gasteiger charge is 2.54. The van der Waals surface area contributed by atoms with E-state index in [1.165, 1.54) is 10.5 Å². The highest BCUT2D eigenvalue weighted by atomic mass is 16.7. The van der Waals surface area contributed by atoms with E-state index >= 15 is 0 Å². The number of carbonyl (C=O) groups is 2. The summed E-state index contributed by atoms with van der Waals surface area (Å²) in [4.78, 5) is 30.4. The van der Waals surface area contributed by atoms with Crippen LogP contribution in [-0.2, 0) is 17.9 Å². The van der Waals surface area contributed by atoms with Crippen LogP contribution in [0.1, 0.15) is 42.9 Å². The normalized spacial score (nSPS) is 22.5. The first-order chi connectivity index (χ1) is 16.9. The van der Waals surface area contributed by atoms with Crippen LogP contribution in [-0.4, -0.2) is 54.3 Å². The van der Waals surface area contributed by atoms with E-state index in [0.717, 1.165) is 49.4 Å². The highest BCUT2D eigenvalue weighted by molar-refractivity contribution is 6.07. The van der Waals surface area contributed by atoms with Crippen LogP contribution in [0.3, 0.4) is 0 Å². The Morgan fingerprint density at radius 2 is 1.74 bits per heavy atom. The fourth-order valence-corrected chi connectivity index (χ4v) is 5.70. The minimum atomic E-state index is -0.837. The van der Waals surface area contributed by atoms with Gasteiger partial charge in [-0.2, -0.15) is 0 Å². The number of aryl methyl sites for hydroxylation is 1. The minimum Gasteiger partial charge on any atom is -0.496 e. The van der Waals surface area contributed by atoms with Gasteiger partial charge in [0, 0.05) is 6.54 Å². The van der Waals surface area contributed by atoms with Crippen molar-refractivity contribution in [3.05, 3.63) is 53.1 Å². The molecule has 0 spiro atoms. The molecule has 1 N–H and O–H groups in total. The molecule has 2 aromatic carbocycles. The summed E-state index contributed by atoms with van der Waals surface area (Å²) in [6, 6.07) is 11.5. The van der Waals surface area contributed by atoms with Gasteiger partial charge < -0.3 is 19.5 Å². The van der Waals surface area contributed by atoms with Gasteiger partial charge in [-0.25, -0.2) is 4.79 Å². The van der Waals surface area contributed by atoms with Gasteiger partial charge in [-0.15, -0.1) is 0 Å². The Bertz CT molecular complexity index is 1130. The number of benzene rings is 2. The van der Waals surface area contributed by atoms with E-state index in [-0.39, 0.29) is 31.2 Å². The van der Waals surface area contributed by atoms with Crippen LogP contribution in [0.25, 0.3) is 0 Å². The average molecular weight is 480 g/mol. The van der Waals surface area contributed by atoms with Gasteiger partial charge in [0.15, 0.2) is 11.5 Å². The fraction of sp³-hybridized carbons (Fsp3) is 0.481. The van der Waals surface area contributed by atoms with E-state index < -0.39 is 5.54 Å². The average Bonchev–Trinajstić information content (AvgIpc) is 3.43. The second kappa shape index (κ2) is 9.41. The molecule has 5 rings (SSSR count). The zero-order valence-corrected chi connectivity index (χ0v) is 20.6. The number of methoxy groups -OCH3 is 1. The highest BCUT2D eigenvalue weighted by Crippen LogP contribution is 2.38. The number of amides is 3. The second-order valence-corrected chi connectivity index (χ2v) is 9.69. The molecule has 3 amide bonds. The summed E-state index contributed by atoms with van der Waals surface area (Å²) in [6.45, 7) is 7.12. The van der Waals surface area contributed by atoms with Gasteiger partial charge in [-0.3, -0.25) is 14.6 Å². The summed E-state index contributed by atoms with van der Waals surface area (Å²) in [5.41, 5.74) is 2.39. The SMILES string of the molecule is CCC1(C2CCN(Cc3ccc(OC)c(C)c3)CC2)NC(=O)N(Cc2ccc3c(c2)OCO3)C1=O. The van der Waals surface area contributed by atoms with Crippen LogP contribution >= 0.6 is 0 Å². The molecule has 1 unspecified atom stereocenters. The molecule has 2 saturated heterocycles. The smallest absolute Gasteiger partial charge is 0.325 e. The lowest BCUT2D eigenvalue weighted by molar-refractivity contribution is -0.134.